The van der Waals surface area contributed by atoms with Crippen molar-refractivity contribution in [3.05, 3.63) is 0 Å². The van der Waals surface area contributed by atoms with Gasteiger partial charge in [-0.2, -0.15) is 0 Å². The number of hydrogen-bond donors (Lipinski definition) is 0. The summed E-state index contributed by atoms with van der Waals surface area (Å²) in [5, 5.41) is -0.312. The fraction of sp³-hybridized carbons (Fsp3) is 0.917. The Bertz CT molecular complexity index is 496. The highest BCUT2D eigenvalue weighted by Crippen LogP contribution is 2.70. The summed E-state index contributed by atoms with van der Waals surface area (Å²) in [7, 11) is -3.39. The van der Waals surface area contributed by atoms with Crippen LogP contribution in [0.3, 0.4) is 0 Å². The first kappa shape index (κ1) is 11.5. The second kappa shape index (κ2) is 2.87. The Morgan fingerprint density at radius 3 is 2.47 bits per heavy atom. The first-order chi connectivity index (χ1) is 7.73. The molecule has 0 aromatic carbocycles. The minimum Gasteiger partial charge on any atom is -0.274 e. The second-order valence-corrected chi connectivity index (χ2v) is 8.45. The zero-order chi connectivity index (χ0) is 12.6. The van der Waals surface area contributed by atoms with E-state index in [0.29, 0.717) is 12.5 Å². The monoisotopic (exact) mass is 257 g/mol. The number of carbonyl (C=O) groups excluding carboxylic acids is 1. The lowest BCUT2D eigenvalue weighted by atomic mass is 9.69. The maximum absolute atomic E-state index is 12.4. The summed E-state index contributed by atoms with van der Waals surface area (Å²) >= 11 is 0. The predicted molar refractivity (Wildman–Crippen MR) is 63.6 cm³/mol. The number of rotatable bonds is 0. The van der Waals surface area contributed by atoms with Gasteiger partial charge in [-0.05, 0) is 30.6 Å². The summed E-state index contributed by atoms with van der Waals surface area (Å²) in [5.41, 5.74) is -0.128. The van der Waals surface area contributed by atoms with Crippen LogP contribution in [-0.2, 0) is 14.8 Å². The number of carbonyl (C=O) groups is 1. The van der Waals surface area contributed by atoms with Gasteiger partial charge in [-0.1, -0.05) is 13.8 Å². The quantitative estimate of drug-likeness (QED) is 0.658. The number of sulfonamides is 1. The van der Waals surface area contributed by atoms with Crippen molar-refractivity contribution in [3.8, 4) is 0 Å². The number of amides is 1. The van der Waals surface area contributed by atoms with Crippen LogP contribution in [0.2, 0.25) is 0 Å². The van der Waals surface area contributed by atoms with Gasteiger partial charge in [0.1, 0.15) is 0 Å². The molecule has 1 heterocycles. The largest absolute Gasteiger partial charge is 0.274 e. The fourth-order valence-electron chi connectivity index (χ4n) is 4.58. The maximum Gasteiger partial charge on any atom is 0.240 e. The summed E-state index contributed by atoms with van der Waals surface area (Å²) in [5.74, 6) is 0.185. The smallest absolute Gasteiger partial charge is 0.240 e. The Morgan fingerprint density at radius 1 is 1.35 bits per heavy atom. The molecule has 0 radical (unpaired) electrons. The molecule has 1 saturated heterocycles. The fourth-order valence-corrected chi connectivity index (χ4v) is 7.19. The molecular weight excluding hydrogens is 238 g/mol. The molecule has 0 N–H and O–H groups in total. The van der Waals surface area contributed by atoms with E-state index in [-0.39, 0.29) is 22.0 Å². The van der Waals surface area contributed by atoms with E-state index in [1.807, 2.05) is 0 Å². The molecule has 17 heavy (non-hydrogen) atoms. The zero-order valence-corrected chi connectivity index (χ0v) is 11.4. The van der Waals surface area contributed by atoms with Crippen molar-refractivity contribution in [2.45, 2.75) is 45.3 Å². The van der Waals surface area contributed by atoms with Crippen LogP contribution in [0, 0.1) is 16.7 Å². The summed E-state index contributed by atoms with van der Waals surface area (Å²) in [4.78, 5) is 11.5. The highest BCUT2D eigenvalue weighted by atomic mass is 32.2. The molecule has 4 nitrogen and oxygen atoms in total. The lowest BCUT2D eigenvalue weighted by Crippen LogP contribution is -2.39. The van der Waals surface area contributed by atoms with Crippen LogP contribution < -0.4 is 0 Å². The molecule has 3 aliphatic rings. The van der Waals surface area contributed by atoms with Crippen molar-refractivity contribution < 1.29 is 13.2 Å². The Labute approximate surface area is 102 Å². The standard InChI is InChI=1S/C12H19NO3S/c1-8(14)13-7-12-5-4-9(11(12,2)3)6-10(12)17(13,15)16/h9-10H,4-7H2,1-3H3/t9?,10-,12?/m0/s1. The van der Waals surface area contributed by atoms with Crippen LogP contribution in [0.1, 0.15) is 40.0 Å². The van der Waals surface area contributed by atoms with Gasteiger partial charge in [0, 0.05) is 18.9 Å². The van der Waals surface area contributed by atoms with Gasteiger partial charge in [0.2, 0.25) is 15.9 Å². The van der Waals surface area contributed by atoms with E-state index >= 15 is 0 Å². The lowest BCUT2D eigenvalue weighted by molar-refractivity contribution is -0.125. The SMILES string of the molecule is CC(=O)N1CC23CCC(C[C@@H]2S1(=O)=O)C3(C)C. The van der Waals surface area contributed by atoms with E-state index in [2.05, 4.69) is 13.8 Å². The summed E-state index contributed by atoms with van der Waals surface area (Å²) < 4.78 is 25.9. The minimum atomic E-state index is -3.39. The van der Waals surface area contributed by atoms with Gasteiger partial charge in [-0.15, -0.1) is 0 Å². The van der Waals surface area contributed by atoms with E-state index in [1.54, 1.807) is 0 Å². The topological polar surface area (TPSA) is 54.5 Å². The van der Waals surface area contributed by atoms with Crippen LogP contribution >= 0.6 is 0 Å². The van der Waals surface area contributed by atoms with Crippen LogP contribution in [0.5, 0.6) is 0 Å². The maximum atomic E-state index is 12.4. The van der Waals surface area contributed by atoms with Crippen molar-refractivity contribution in [3.63, 3.8) is 0 Å². The van der Waals surface area contributed by atoms with E-state index in [1.165, 1.54) is 6.92 Å². The molecule has 96 valence electrons. The molecule has 0 aromatic heterocycles. The van der Waals surface area contributed by atoms with Crippen molar-refractivity contribution in [1.29, 1.82) is 0 Å². The molecule has 1 spiro atoms. The van der Waals surface area contributed by atoms with Crippen molar-refractivity contribution in [2.75, 3.05) is 6.54 Å². The molecule has 2 unspecified atom stereocenters. The highest BCUT2D eigenvalue weighted by Gasteiger charge is 2.72. The van der Waals surface area contributed by atoms with Gasteiger partial charge in [0.25, 0.3) is 0 Å². The Hall–Kier alpha value is -0.580. The van der Waals surface area contributed by atoms with Gasteiger partial charge < -0.3 is 0 Å². The van der Waals surface area contributed by atoms with E-state index in [9.17, 15) is 13.2 Å². The first-order valence-corrected chi connectivity index (χ1v) is 7.76. The number of hydrogen-bond acceptors (Lipinski definition) is 3. The van der Waals surface area contributed by atoms with Gasteiger partial charge in [-0.25, -0.2) is 12.7 Å². The number of nitrogens with zero attached hydrogens (tertiary/aromatic N) is 1. The average Bonchev–Trinajstić information content (AvgIpc) is 2.70. The number of fused-ring (bicyclic) bond motifs is 1. The van der Waals surface area contributed by atoms with Crippen molar-refractivity contribution in [1.82, 2.24) is 4.31 Å². The molecule has 1 aliphatic heterocycles. The molecule has 5 heteroatoms. The van der Waals surface area contributed by atoms with Crippen LogP contribution in [-0.4, -0.2) is 30.4 Å². The summed E-state index contributed by atoms with van der Waals surface area (Å²) in [6.07, 6.45) is 2.82. The van der Waals surface area contributed by atoms with Crippen molar-refractivity contribution >= 4 is 15.9 Å². The molecule has 0 aromatic rings. The molecule has 3 fully saturated rings. The Balaban J connectivity index is 2.14. The summed E-state index contributed by atoms with van der Waals surface area (Å²) in [6.45, 7) is 6.14. The van der Waals surface area contributed by atoms with Crippen molar-refractivity contribution in [2.24, 2.45) is 16.7 Å². The normalized spacial score (nSPS) is 45.0. The van der Waals surface area contributed by atoms with Gasteiger partial charge in [0.15, 0.2) is 0 Å². The minimum absolute atomic E-state index is 0.0505. The summed E-state index contributed by atoms with van der Waals surface area (Å²) in [6, 6.07) is 0. The van der Waals surface area contributed by atoms with Gasteiger partial charge in [-0.3, -0.25) is 4.79 Å². The molecule has 2 aliphatic carbocycles. The van der Waals surface area contributed by atoms with E-state index in [4.69, 9.17) is 0 Å². The third kappa shape index (κ3) is 1.05. The van der Waals surface area contributed by atoms with E-state index < -0.39 is 10.0 Å². The molecular formula is C12H19NO3S. The van der Waals surface area contributed by atoms with Gasteiger partial charge in [0.05, 0.1) is 5.25 Å². The Morgan fingerprint density at radius 2 is 2.00 bits per heavy atom. The first-order valence-electron chi connectivity index (χ1n) is 6.25. The highest BCUT2D eigenvalue weighted by molar-refractivity contribution is 7.90. The average molecular weight is 257 g/mol. The van der Waals surface area contributed by atoms with Crippen LogP contribution in [0.4, 0.5) is 0 Å². The lowest BCUT2D eigenvalue weighted by Gasteiger charge is -2.36. The molecule has 1 amide bonds. The zero-order valence-electron chi connectivity index (χ0n) is 10.6. The Kier molecular flexibility index (Phi) is 1.94. The second-order valence-electron chi connectivity index (χ2n) is 6.41. The third-order valence-electron chi connectivity index (χ3n) is 5.80. The molecule has 3 atom stereocenters. The predicted octanol–water partition coefficient (Wildman–Crippen LogP) is 1.37. The van der Waals surface area contributed by atoms with Crippen LogP contribution in [0.25, 0.3) is 0 Å². The molecule has 2 bridgehead atoms. The third-order valence-corrected chi connectivity index (χ3v) is 8.16. The molecule has 3 rings (SSSR count). The van der Waals surface area contributed by atoms with Crippen LogP contribution in [0.15, 0.2) is 0 Å². The molecule has 2 saturated carbocycles. The van der Waals surface area contributed by atoms with E-state index in [0.717, 1.165) is 23.6 Å². The van der Waals surface area contributed by atoms with Gasteiger partial charge >= 0.3 is 0 Å².